The summed E-state index contributed by atoms with van der Waals surface area (Å²) in [5, 5.41) is 3.29. The number of hydrogen-bond donors (Lipinski definition) is 1. The Kier molecular flexibility index (Phi) is 8.71. The normalized spacial score (nSPS) is 9.44. The van der Waals surface area contributed by atoms with E-state index in [-0.39, 0.29) is 5.97 Å². The van der Waals surface area contributed by atoms with Crippen LogP contribution in [-0.4, -0.2) is 12.0 Å². The Hall–Kier alpha value is -1.51. The first-order valence-corrected chi connectivity index (χ1v) is 6.48. The summed E-state index contributed by atoms with van der Waals surface area (Å²) in [6.07, 6.45) is 1.25. The minimum absolute atomic E-state index is 0.251. The zero-order chi connectivity index (χ0) is 14.0. The molecular weight excluding hydrogens is 226 g/mol. The number of carbonyl (C=O) groups excluding carboxylic acids is 1. The van der Waals surface area contributed by atoms with Gasteiger partial charge in [-0.05, 0) is 31.5 Å². The van der Waals surface area contributed by atoms with E-state index < -0.39 is 0 Å². The molecule has 18 heavy (non-hydrogen) atoms. The van der Waals surface area contributed by atoms with Gasteiger partial charge in [-0.25, -0.2) is 0 Å². The lowest BCUT2D eigenvalue weighted by Gasteiger charge is -2.10. The van der Waals surface area contributed by atoms with Crippen molar-refractivity contribution in [3.63, 3.8) is 0 Å². The van der Waals surface area contributed by atoms with Gasteiger partial charge in [0.2, 0.25) is 0 Å². The fourth-order valence-corrected chi connectivity index (χ4v) is 1.22. The molecule has 0 aromatic heterocycles. The average Bonchev–Trinajstić information content (AvgIpc) is 2.28. The summed E-state index contributed by atoms with van der Waals surface area (Å²) >= 11 is 0. The van der Waals surface area contributed by atoms with Crippen LogP contribution in [0.5, 0.6) is 0 Å². The van der Waals surface area contributed by atoms with E-state index in [1.165, 1.54) is 13.3 Å². The highest BCUT2D eigenvalue weighted by Gasteiger charge is 1.98. The van der Waals surface area contributed by atoms with Crippen LogP contribution in [0.15, 0.2) is 24.3 Å². The second-order valence-corrected chi connectivity index (χ2v) is 4.48. The maximum atomic E-state index is 10.6. The summed E-state index contributed by atoms with van der Waals surface area (Å²) in [5.74, 6) is -0.251. The summed E-state index contributed by atoms with van der Waals surface area (Å²) in [7, 11) is 0. The van der Waals surface area contributed by atoms with Crippen molar-refractivity contribution in [2.45, 2.75) is 53.7 Å². The highest BCUT2D eigenvalue weighted by atomic mass is 16.5. The molecule has 0 unspecified atom stereocenters. The molecule has 0 heterocycles. The lowest BCUT2D eigenvalue weighted by Crippen LogP contribution is -2.09. The summed E-state index contributed by atoms with van der Waals surface area (Å²) < 4.78 is 4.89. The van der Waals surface area contributed by atoms with Crippen LogP contribution < -0.4 is 5.32 Å². The lowest BCUT2D eigenvalue weighted by molar-refractivity contribution is -0.142. The third-order valence-electron chi connectivity index (χ3n) is 1.85. The van der Waals surface area contributed by atoms with Crippen molar-refractivity contribution < 1.29 is 9.53 Å². The van der Waals surface area contributed by atoms with Gasteiger partial charge in [0.15, 0.2) is 0 Å². The smallest absolute Gasteiger partial charge is 0.302 e. The zero-order valence-electron chi connectivity index (χ0n) is 12.1. The van der Waals surface area contributed by atoms with Gasteiger partial charge in [-0.3, -0.25) is 4.79 Å². The standard InChI is InChI=1S/C12H17NO2.C3H8/c1-9(2)13-12-6-4-11(5-7-12)8-15-10(3)14;1-3-2/h4-7,9,13H,8H2,1-3H3;3H2,1-2H3. The highest BCUT2D eigenvalue weighted by molar-refractivity contribution is 5.65. The van der Waals surface area contributed by atoms with Crippen molar-refractivity contribution in [3.05, 3.63) is 29.8 Å². The number of nitrogens with one attached hydrogen (secondary N) is 1. The van der Waals surface area contributed by atoms with E-state index in [1.807, 2.05) is 24.3 Å². The molecule has 1 rings (SSSR count). The summed E-state index contributed by atoms with van der Waals surface area (Å²) in [6.45, 7) is 10.2. The molecule has 0 saturated heterocycles. The van der Waals surface area contributed by atoms with E-state index in [1.54, 1.807) is 0 Å². The number of esters is 1. The van der Waals surface area contributed by atoms with Gasteiger partial charge in [-0.1, -0.05) is 32.4 Å². The van der Waals surface area contributed by atoms with Crippen molar-refractivity contribution in [2.24, 2.45) is 0 Å². The minimum Gasteiger partial charge on any atom is -0.461 e. The Morgan fingerprint density at radius 3 is 2.11 bits per heavy atom. The first-order valence-electron chi connectivity index (χ1n) is 6.48. The molecular formula is C15H25NO2. The Morgan fingerprint density at radius 2 is 1.72 bits per heavy atom. The fourth-order valence-electron chi connectivity index (χ4n) is 1.22. The molecule has 3 heteroatoms. The van der Waals surface area contributed by atoms with Crippen LogP contribution in [0.4, 0.5) is 5.69 Å². The van der Waals surface area contributed by atoms with Crippen LogP contribution in [0.3, 0.4) is 0 Å². The molecule has 0 atom stereocenters. The topological polar surface area (TPSA) is 38.3 Å². The number of hydrogen-bond acceptors (Lipinski definition) is 3. The van der Waals surface area contributed by atoms with Crippen LogP contribution in [0.2, 0.25) is 0 Å². The Labute approximate surface area is 111 Å². The van der Waals surface area contributed by atoms with Gasteiger partial charge in [0.05, 0.1) is 0 Å². The van der Waals surface area contributed by atoms with Gasteiger partial charge in [-0.2, -0.15) is 0 Å². The third-order valence-corrected chi connectivity index (χ3v) is 1.85. The number of benzene rings is 1. The Bertz CT molecular complexity index is 331. The summed E-state index contributed by atoms with van der Waals surface area (Å²) in [6, 6.07) is 8.29. The van der Waals surface area contributed by atoms with Crippen molar-refractivity contribution >= 4 is 11.7 Å². The maximum absolute atomic E-state index is 10.6. The maximum Gasteiger partial charge on any atom is 0.302 e. The van der Waals surface area contributed by atoms with Crippen LogP contribution in [-0.2, 0) is 16.1 Å². The highest BCUT2D eigenvalue weighted by Crippen LogP contribution is 2.11. The quantitative estimate of drug-likeness (QED) is 0.822. The molecule has 0 amide bonds. The monoisotopic (exact) mass is 251 g/mol. The molecule has 1 aromatic carbocycles. The van der Waals surface area contributed by atoms with Crippen molar-refractivity contribution in [2.75, 3.05) is 5.32 Å². The zero-order valence-corrected chi connectivity index (χ0v) is 12.1. The van der Waals surface area contributed by atoms with Gasteiger partial charge in [0.25, 0.3) is 0 Å². The van der Waals surface area contributed by atoms with Gasteiger partial charge >= 0.3 is 5.97 Å². The Balaban J connectivity index is 0.000000873. The van der Waals surface area contributed by atoms with Crippen LogP contribution in [0.1, 0.15) is 46.6 Å². The van der Waals surface area contributed by atoms with Gasteiger partial charge < -0.3 is 10.1 Å². The number of ether oxygens (including phenoxy) is 1. The molecule has 0 saturated carbocycles. The van der Waals surface area contributed by atoms with Crippen molar-refractivity contribution in [3.8, 4) is 0 Å². The predicted octanol–water partition coefficient (Wildman–Crippen LogP) is 3.99. The molecule has 3 nitrogen and oxygen atoms in total. The van der Waals surface area contributed by atoms with Crippen molar-refractivity contribution in [1.29, 1.82) is 0 Å². The predicted molar refractivity (Wildman–Crippen MR) is 76.6 cm³/mol. The Morgan fingerprint density at radius 1 is 1.22 bits per heavy atom. The molecule has 0 bridgehead atoms. The van der Waals surface area contributed by atoms with Gasteiger partial charge in [0.1, 0.15) is 6.61 Å². The number of rotatable bonds is 4. The van der Waals surface area contributed by atoms with Crippen LogP contribution in [0.25, 0.3) is 0 Å². The molecule has 1 N–H and O–H groups in total. The second kappa shape index (κ2) is 9.51. The van der Waals surface area contributed by atoms with E-state index in [0.717, 1.165) is 11.3 Å². The molecule has 1 aromatic rings. The molecule has 0 aliphatic carbocycles. The molecule has 0 radical (unpaired) electrons. The van der Waals surface area contributed by atoms with E-state index in [0.29, 0.717) is 12.6 Å². The molecule has 0 fully saturated rings. The third kappa shape index (κ3) is 8.62. The van der Waals surface area contributed by atoms with Crippen LogP contribution >= 0.6 is 0 Å². The first kappa shape index (κ1) is 16.5. The number of carbonyl (C=O) groups is 1. The number of anilines is 1. The first-order chi connectivity index (χ1) is 8.49. The second-order valence-electron chi connectivity index (χ2n) is 4.48. The van der Waals surface area contributed by atoms with Crippen molar-refractivity contribution in [1.82, 2.24) is 0 Å². The molecule has 0 aliphatic rings. The summed E-state index contributed by atoms with van der Waals surface area (Å²) in [5.41, 5.74) is 2.08. The molecule has 0 aliphatic heterocycles. The molecule has 102 valence electrons. The fraction of sp³-hybridized carbons (Fsp3) is 0.533. The minimum atomic E-state index is -0.251. The van der Waals surface area contributed by atoms with E-state index >= 15 is 0 Å². The molecule has 0 spiro atoms. The SMILES string of the molecule is CC(=O)OCc1ccc(NC(C)C)cc1.CCC. The van der Waals surface area contributed by atoms with Gasteiger partial charge in [-0.15, -0.1) is 0 Å². The van der Waals surface area contributed by atoms with Gasteiger partial charge in [0, 0.05) is 18.7 Å². The van der Waals surface area contributed by atoms with E-state index in [4.69, 9.17) is 4.74 Å². The van der Waals surface area contributed by atoms with Crippen LogP contribution in [0, 0.1) is 0 Å². The van der Waals surface area contributed by atoms with E-state index in [9.17, 15) is 4.79 Å². The lowest BCUT2D eigenvalue weighted by atomic mass is 10.2. The largest absolute Gasteiger partial charge is 0.461 e. The summed E-state index contributed by atoms with van der Waals surface area (Å²) in [4.78, 5) is 10.6. The average molecular weight is 251 g/mol. The van der Waals surface area contributed by atoms with E-state index in [2.05, 4.69) is 33.0 Å².